The molecular weight excluding hydrogens is 399 g/mol. The van der Waals surface area contributed by atoms with E-state index in [1.54, 1.807) is 12.3 Å². The van der Waals surface area contributed by atoms with Gasteiger partial charge in [-0.2, -0.15) is 4.31 Å². The Morgan fingerprint density at radius 2 is 2.00 bits per heavy atom. The minimum atomic E-state index is -3.45. The fourth-order valence-corrected chi connectivity index (χ4v) is 4.34. The Morgan fingerprint density at radius 1 is 1.25 bits per heavy atom. The smallest absolute Gasteiger partial charge is 0.218 e. The van der Waals surface area contributed by atoms with E-state index in [9.17, 15) is 12.8 Å². The second-order valence-electron chi connectivity index (χ2n) is 5.58. The van der Waals surface area contributed by atoms with Crippen LogP contribution in [0.3, 0.4) is 0 Å². The molecule has 5 nitrogen and oxygen atoms in total. The number of aromatic nitrogens is 1. The van der Waals surface area contributed by atoms with E-state index < -0.39 is 10.0 Å². The predicted molar refractivity (Wildman–Crippen MR) is 91.6 cm³/mol. The summed E-state index contributed by atoms with van der Waals surface area (Å²) in [4.78, 5) is 4.13. The van der Waals surface area contributed by atoms with Gasteiger partial charge in [-0.3, -0.25) is 0 Å². The maximum Gasteiger partial charge on any atom is 0.218 e. The molecule has 1 aromatic carbocycles. The number of hydrogen-bond donors (Lipinski definition) is 0. The number of ether oxygens (including phenoxy) is 1. The van der Waals surface area contributed by atoms with Gasteiger partial charge in [-0.05, 0) is 46.1 Å². The molecule has 0 amide bonds. The van der Waals surface area contributed by atoms with Crippen molar-refractivity contribution in [2.75, 3.05) is 13.1 Å². The Labute approximate surface area is 148 Å². The lowest BCUT2D eigenvalue weighted by Crippen LogP contribution is -2.32. The first-order valence-corrected chi connectivity index (χ1v) is 9.83. The lowest BCUT2D eigenvalue weighted by atomic mass is 10.2. The minimum absolute atomic E-state index is 0.142. The zero-order valence-electron chi connectivity index (χ0n) is 12.7. The molecule has 1 aromatic heterocycles. The van der Waals surface area contributed by atoms with Crippen LogP contribution in [-0.4, -0.2) is 36.9 Å². The van der Waals surface area contributed by atoms with E-state index in [1.807, 2.05) is 6.07 Å². The number of sulfonamides is 1. The third kappa shape index (κ3) is 4.31. The minimum Gasteiger partial charge on any atom is -0.473 e. The summed E-state index contributed by atoms with van der Waals surface area (Å²) in [5.74, 6) is -0.0509. The average Bonchev–Trinajstić information content (AvgIpc) is 3.01. The van der Waals surface area contributed by atoms with Crippen LogP contribution in [0, 0.1) is 5.82 Å². The molecule has 0 N–H and O–H groups in total. The van der Waals surface area contributed by atoms with E-state index >= 15 is 0 Å². The van der Waals surface area contributed by atoms with Crippen molar-refractivity contribution in [3.63, 3.8) is 0 Å². The molecule has 24 heavy (non-hydrogen) atoms. The molecule has 1 fully saturated rings. The molecule has 0 bridgehead atoms. The molecule has 128 valence electrons. The zero-order valence-corrected chi connectivity index (χ0v) is 15.1. The van der Waals surface area contributed by atoms with E-state index in [4.69, 9.17) is 4.74 Å². The summed E-state index contributed by atoms with van der Waals surface area (Å²) >= 11 is 3.30. The number of benzene rings is 1. The number of pyridine rings is 1. The maximum absolute atomic E-state index is 12.9. The second kappa shape index (κ2) is 7.16. The van der Waals surface area contributed by atoms with Crippen LogP contribution in [0.5, 0.6) is 5.88 Å². The summed E-state index contributed by atoms with van der Waals surface area (Å²) < 4.78 is 45.9. The number of nitrogens with zero attached hydrogens (tertiary/aromatic N) is 2. The van der Waals surface area contributed by atoms with Gasteiger partial charge in [0.05, 0.1) is 12.3 Å². The fourth-order valence-electron chi connectivity index (χ4n) is 2.53. The molecule has 0 saturated carbocycles. The van der Waals surface area contributed by atoms with Gasteiger partial charge in [0, 0.05) is 23.3 Å². The quantitative estimate of drug-likeness (QED) is 0.754. The van der Waals surface area contributed by atoms with Crippen LogP contribution in [0.4, 0.5) is 4.39 Å². The molecule has 0 radical (unpaired) electrons. The Bertz CT molecular complexity index is 797. The van der Waals surface area contributed by atoms with Gasteiger partial charge in [0.1, 0.15) is 11.9 Å². The standard InChI is InChI=1S/C16H16BrFN2O3S/c17-13-3-6-16(19-9-13)23-15-7-8-20(10-15)24(21,22)11-12-1-4-14(18)5-2-12/h1-6,9,15H,7-8,10-11H2. The largest absolute Gasteiger partial charge is 0.473 e. The molecule has 1 aliphatic rings. The monoisotopic (exact) mass is 414 g/mol. The summed E-state index contributed by atoms with van der Waals surface area (Å²) in [6.45, 7) is 0.700. The predicted octanol–water partition coefficient (Wildman–Crippen LogP) is 2.97. The van der Waals surface area contributed by atoms with Crippen LogP contribution in [0.15, 0.2) is 47.1 Å². The summed E-state index contributed by atoms with van der Waals surface area (Å²) in [5, 5.41) is 0. The summed E-state index contributed by atoms with van der Waals surface area (Å²) in [5.41, 5.74) is 0.565. The Hall–Kier alpha value is -1.51. The van der Waals surface area contributed by atoms with Crippen LogP contribution in [0.2, 0.25) is 0 Å². The van der Waals surface area contributed by atoms with Crippen molar-refractivity contribution in [2.24, 2.45) is 0 Å². The summed E-state index contributed by atoms with van der Waals surface area (Å²) in [6, 6.07) is 9.06. The van der Waals surface area contributed by atoms with E-state index in [0.29, 0.717) is 31.0 Å². The van der Waals surface area contributed by atoms with Crippen molar-refractivity contribution in [1.29, 1.82) is 0 Å². The zero-order chi connectivity index (χ0) is 17.2. The first kappa shape index (κ1) is 17.3. The van der Waals surface area contributed by atoms with Gasteiger partial charge in [-0.15, -0.1) is 0 Å². The van der Waals surface area contributed by atoms with Gasteiger partial charge in [0.15, 0.2) is 0 Å². The molecular formula is C16H16BrFN2O3S. The number of halogens is 2. The van der Waals surface area contributed by atoms with E-state index in [-0.39, 0.29) is 17.7 Å². The van der Waals surface area contributed by atoms with Crippen LogP contribution in [-0.2, 0) is 15.8 Å². The number of hydrogen-bond acceptors (Lipinski definition) is 4. The van der Waals surface area contributed by atoms with Crippen molar-refractivity contribution >= 4 is 26.0 Å². The van der Waals surface area contributed by atoms with Crippen LogP contribution >= 0.6 is 15.9 Å². The van der Waals surface area contributed by atoms with Crippen molar-refractivity contribution in [3.8, 4) is 5.88 Å². The molecule has 0 spiro atoms. The van der Waals surface area contributed by atoms with Gasteiger partial charge in [-0.1, -0.05) is 12.1 Å². The molecule has 8 heteroatoms. The molecule has 1 unspecified atom stereocenters. The van der Waals surface area contributed by atoms with E-state index in [1.165, 1.54) is 28.6 Å². The normalized spacial score (nSPS) is 18.7. The van der Waals surface area contributed by atoms with Crippen LogP contribution in [0.25, 0.3) is 0 Å². The SMILES string of the molecule is O=S(=O)(Cc1ccc(F)cc1)N1CCC(Oc2ccc(Br)cn2)C1. The van der Waals surface area contributed by atoms with Gasteiger partial charge in [0.2, 0.25) is 15.9 Å². The highest BCUT2D eigenvalue weighted by molar-refractivity contribution is 9.10. The molecule has 2 aromatic rings. The Balaban J connectivity index is 1.61. The van der Waals surface area contributed by atoms with Crippen molar-refractivity contribution in [2.45, 2.75) is 18.3 Å². The van der Waals surface area contributed by atoms with E-state index in [0.717, 1.165) is 4.47 Å². The average molecular weight is 415 g/mol. The van der Waals surface area contributed by atoms with Crippen molar-refractivity contribution in [1.82, 2.24) is 9.29 Å². The Morgan fingerprint density at radius 3 is 2.67 bits per heavy atom. The molecule has 1 saturated heterocycles. The molecule has 1 aliphatic heterocycles. The highest BCUT2D eigenvalue weighted by Gasteiger charge is 2.32. The highest BCUT2D eigenvalue weighted by Crippen LogP contribution is 2.22. The lowest BCUT2D eigenvalue weighted by Gasteiger charge is -2.17. The van der Waals surface area contributed by atoms with Crippen LogP contribution < -0.4 is 4.74 Å². The van der Waals surface area contributed by atoms with Gasteiger partial charge >= 0.3 is 0 Å². The first-order chi connectivity index (χ1) is 11.4. The van der Waals surface area contributed by atoms with Gasteiger partial charge < -0.3 is 4.74 Å². The number of rotatable bonds is 5. The molecule has 2 heterocycles. The summed E-state index contributed by atoms with van der Waals surface area (Å²) in [7, 11) is -3.45. The fraction of sp³-hybridized carbons (Fsp3) is 0.312. The van der Waals surface area contributed by atoms with E-state index in [2.05, 4.69) is 20.9 Å². The second-order valence-corrected chi connectivity index (χ2v) is 8.47. The van der Waals surface area contributed by atoms with Crippen LogP contribution in [0.1, 0.15) is 12.0 Å². The lowest BCUT2D eigenvalue weighted by molar-refractivity contribution is 0.207. The third-order valence-electron chi connectivity index (χ3n) is 3.75. The Kier molecular flexibility index (Phi) is 5.17. The molecule has 0 aliphatic carbocycles. The van der Waals surface area contributed by atoms with Crippen molar-refractivity contribution < 1.29 is 17.5 Å². The highest BCUT2D eigenvalue weighted by atomic mass is 79.9. The third-order valence-corrected chi connectivity index (χ3v) is 6.04. The molecule has 3 rings (SSSR count). The van der Waals surface area contributed by atoms with Gasteiger partial charge in [0.25, 0.3) is 0 Å². The summed E-state index contributed by atoms with van der Waals surface area (Å²) in [6.07, 6.45) is 2.02. The first-order valence-electron chi connectivity index (χ1n) is 7.43. The topological polar surface area (TPSA) is 59.5 Å². The van der Waals surface area contributed by atoms with Crippen molar-refractivity contribution in [3.05, 3.63) is 58.4 Å². The maximum atomic E-state index is 12.9. The van der Waals surface area contributed by atoms with Gasteiger partial charge in [-0.25, -0.2) is 17.8 Å². The molecule has 1 atom stereocenters.